The Morgan fingerprint density at radius 3 is 2.26 bits per heavy atom. The van der Waals surface area contributed by atoms with Crippen molar-refractivity contribution in [1.82, 2.24) is 0 Å². The van der Waals surface area contributed by atoms with Gasteiger partial charge in [0.1, 0.15) is 12.2 Å². The maximum atomic E-state index is 13.2. The minimum absolute atomic E-state index is 0.0426. The zero-order chi connectivity index (χ0) is 32.7. The number of cyclic esters (lactones) is 2. The van der Waals surface area contributed by atoms with Crippen molar-refractivity contribution in [2.75, 3.05) is 13.2 Å². The van der Waals surface area contributed by atoms with Gasteiger partial charge >= 0.3 is 23.9 Å². The fourth-order valence-corrected chi connectivity index (χ4v) is 11.3. The Morgan fingerprint density at radius 2 is 1.59 bits per heavy atom. The third-order valence-corrected chi connectivity index (χ3v) is 13.2. The van der Waals surface area contributed by atoms with Crippen molar-refractivity contribution in [2.24, 2.45) is 71.0 Å². The maximum Gasteiger partial charge on any atom is 0.317 e. The fourth-order valence-electron chi connectivity index (χ4n) is 11.3. The van der Waals surface area contributed by atoms with E-state index in [-0.39, 0.29) is 85.1 Å². The largest absolute Gasteiger partial charge is 0.463 e. The van der Waals surface area contributed by atoms with Crippen molar-refractivity contribution >= 4 is 23.9 Å². The fraction of sp³-hybridized carbons (Fsp3) is 0.889. The second-order valence-electron chi connectivity index (χ2n) is 16.6. The normalized spacial score (nSPS) is 46.7. The zero-order valence-electron chi connectivity index (χ0n) is 27.9. The molecule has 0 spiro atoms. The molecule has 0 aromatic rings. The number of hydrogen-bond acceptors (Lipinski definition) is 10. The van der Waals surface area contributed by atoms with E-state index in [2.05, 4.69) is 6.92 Å². The molecule has 5 saturated heterocycles. The Bertz CT molecular complexity index is 1230. The lowest BCUT2D eigenvalue weighted by molar-refractivity contribution is -0.163. The van der Waals surface area contributed by atoms with Gasteiger partial charge in [-0.25, -0.2) is 0 Å². The van der Waals surface area contributed by atoms with Gasteiger partial charge in [0.05, 0.1) is 54.7 Å². The molecule has 10 heteroatoms. The van der Waals surface area contributed by atoms with E-state index in [4.69, 9.17) is 23.7 Å². The number of ether oxygens (including phenoxy) is 5. The summed E-state index contributed by atoms with van der Waals surface area (Å²) in [4.78, 5) is 50.3. The maximum absolute atomic E-state index is 13.2. The van der Waals surface area contributed by atoms with Gasteiger partial charge in [-0.2, -0.15) is 0 Å². The number of hydrogen-bond donors (Lipinski definition) is 1. The summed E-state index contributed by atoms with van der Waals surface area (Å²) < 4.78 is 29.5. The first-order chi connectivity index (χ1) is 21.9. The molecule has 46 heavy (non-hydrogen) atoms. The molecule has 6 bridgehead atoms. The number of aliphatic hydroxyl groups is 1. The van der Waals surface area contributed by atoms with Gasteiger partial charge in [0.15, 0.2) is 0 Å². The average Bonchev–Trinajstić information content (AvgIpc) is 3.84. The lowest BCUT2D eigenvalue weighted by Crippen LogP contribution is -2.47. The SMILES string of the molecule is CC1C(=O)OC(=O)C1CCCCC1C(CC2C(C)C3CC(C(=O)OC(C)(C)C)C2O3)C2OC1C1C3CC(CC3C(=O)OCCO)C21. The predicted molar refractivity (Wildman–Crippen MR) is 162 cm³/mol. The minimum atomic E-state index is -0.539. The monoisotopic (exact) mass is 644 g/mol. The molecule has 0 radical (unpaired) electrons. The van der Waals surface area contributed by atoms with Crippen LogP contribution in [0.2, 0.25) is 0 Å². The summed E-state index contributed by atoms with van der Waals surface area (Å²) in [5, 5.41) is 9.20. The van der Waals surface area contributed by atoms with Crippen LogP contribution in [0.5, 0.6) is 0 Å². The second-order valence-corrected chi connectivity index (χ2v) is 16.6. The van der Waals surface area contributed by atoms with E-state index in [1.807, 2.05) is 20.8 Å². The number of esters is 4. The van der Waals surface area contributed by atoms with E-state index in [0.29, 0.717) is 41.9 Å². The first kappa shape index (κ1) is 32.5. The van der Waals surface area contributed by atoms with Crippen LogP contribution >= 0.6 is 0 Å². The summed E-state index contributed by atoms with van der Waals surface area (Å²) in [6, 6.07) is 0. The van der Waals surface area contributed by atoms with Gasteiger partial charge in [-0.1, -0.05) is 26.7 Å². The summed E-state index contributed by atoms with van der Waals surface area (Å²) in [7, 11) is 0. The van der Waals surface area contributed by atoms with Crippen LogP contribution in [-0.4, -0.2) is 72.2 Å². The highest BCUT2D eigenvalue weighted by molar-refractivity contribution is 5.96. The van der Waals surface area contributed by atoms with Gasteiger partial charge in [-0.3, -0.25) is 19.2 Å². The van der Waals surface area contributed by atoms with Crippen molar-refractivity contribution < 1.29 is 48.0 Å². The average molecular weight is 645 g/mol. The van der Waals surface area contributed by atoms with E-state index in [1.54, 1.807) is 6.92 Å². The molecule has 0 amide bonds. The summed E-state index contributed by atoms with van der Waals surface area (Å²) in [5.41, 5.74) is -0.539. The molecule has 16 unspecified atom stereocenters. The minimum Gasteiger partial charge on any atom is -0.463 e. The van der Waals surface area contributed by atoms with E-state index in [9.17, 15) is 24.3 Å². The molecule has 2 saturated carbocycles. The lowest BCUT2D eigenvalue weighted by Gasteiger charge is -2.44. The number of rotatable bonds is 11. The Balaban J connectivity index is 1.07. The molecule has 256 valence electrons. The highest BCUT2D eigenvalue weighted by Crippen LogP contribution is 2.68. The van der Waals surface area contributed by atoms with Crippen LogP contribution in [0, 0.1) is 71.0 Å². The number of aliphatic hydroxyl groups excluding tert-OH is 1. The topological polar surface area (TPSA) is 135 Å². The third-order valence-electron chi connectivity index (χ3n) is 13.2. The third kappa shape index (κ3) is 5.42. The molecule has 5 heterocycles. The number of carbonyl (C=O) groups is 4. The highest BCUT2D eigenvalue weighted by atomic mass is 16.6. The first-order valence-corrected chi connectivity index (χ1v) is 17.9. The Labute approximate surface area is 271 Å². The second kappa shape index (κ2) is 12.1. The van der Waals surface area contributed by atoms with Crippen molar-refractivity contribution in [2.45, 2.75) is 116 Å². The first-order valence-electron chi connectivity index (χ1n) is 17.9. The Kier molecular flexibility index (Phi) is 8.57. The molecule has 1 N–H and O–H groups in total. The van der Waals surface area contributed by atoms with Crippen molar-refractivity contribution in [3.05, 3.63) is 0 Å². The van der Waals surface area contributed by atoms with E-state index in [1.165, 1.54) is 0 Å². The summed E-state index contributed by atoms with van der Waals surface area (Å²) >= 11 is 0. The van der Waals surface area contributed by atoms with Gasteiger partial charge in [-0.05, 0) is 107 Å². The van der Waals surface area contributed by atoms with Crippen LogP contribution in [-0.2, 0) is 42.9 Å². The molecule has 7 rings (SSSR count). The van der Waals surface area contributed by atoms with Gasteiger partial charge < -0.3 is 28.8 Å². The Morgan fingerprint density at radius 1 is 0.848 bits per heavy atom. The number of carbonyl (C=O) groups excluding carboxylic acids is 4. The molecular weight excluding hydrogens is 592 g/mol. The summed E-state index contributed by atoms with van der Waals surface area (Å²) in [6.07, 6.45) is 7.07. The van der Waals surface area contributed by atoms with Gasteiger partial charge in [0, 0.05) is 0 Å². The van der Waals surface area contributed by atoms with E-state index >= 15 is 0 Å². The van der Waals surface area contributed by atoms with Crippen LogP contribution in [0.4, 0.5) is 0 Å². The van der Waals surface area contributed by atoms with Gasteiger partial charge in [0.2, 0.25) is 0 Å². The van der Waals surface area contributed by atoms with Crippen LogP contribution in [0.1, 0.15) is 86.0 Å². The molecule has 7 fully saturated rings. The van der Waals surface area contributed by atoms with E-state index < -0.39 is 17.5 Å². The van der Waals surface area contributed by atoms with Crippen LogP contribution in [0.15, 0.2) is 0 Å². The molecule has 5 aliphatic heterocycles. The molecule has 10 nitrogen and oxygen atoms in total. The smallest absolute Gasteiger partial charge is 0.317 e. The molecule has 0 aromatic heterocycles. The van der Waals surface area contributed by atoms with Gasteiger partial charge in [0.25, 0.3) is 0 Å². The van der Waals surface area contributed by atoms with Crippen molar-refractivity contribution in [3.63, 3.8) is 0 Å². The predicted octanol–water partition coefficient (Wildman–Crippen LogP) is 4.09. The summed E-state index contributed by atoms with van der Waals surface area (Å²) in [6.45, 7) is 9.66. The lowest BCUT2D eigenvalue weighted by atomic mass is 9.58. The van der Waals surface area contributed by atoms with Crippen LogP contribution < -0.4 is 0 Å². The molecule has 16 atom stereocenters. The molecular formula is C36H52O10. The highest BCUT2D eigenvalue weighted by Gasteiger charge is 2.70. The zero-order valence-corrected chi connectivity index (χ0v) is 27.9. The number of unbranched alkanes of at least 4 members (excludes halogenated alkanes) is 1. The van der Waals surface area contributed by atoms with Crippen LogP contribution in [0.25, 0.3) is 0 Å². The standard InChI is InChI=1S/C36H52O10/c1-16-21(29-25(15-26(16)43-29)35(41)46-36(3,4)5)14-23-20(9-7-6-8-19-17(2)32(38)45-34(19)40)30-28-22-12-18(27(28)31(23)44-30)13-24(22)33(39)42-11-10-37/h16-31,37H,6-15H2,1-5H3. The van der Waals surface area contributed by atoms with Gasteiger partial charge in [-0.15, -0.1) is 0 Å². The molecule has 2 aliphatic carbocycles. The summed E-state index contributed by atoms with van der Waals surface area (Å²) in [5.74, 6) is 0.491. The molecule has 0 aromatic carbocycles. The molecule has 7 aliphatic rings. The van der Waals surface area contributed by atoms with E-state index in [0.717, 1.165) is 44.9 Å². The number of fused-ring (bicyclic) bond motifs is 11. The quantitative estimate of drug-likeness (QED) is 0.152. The van der Waals surface area contributed by atoms with Crippen molar-refractivity contribution in [1.29, 1.82) is 0 Å². The Hall–Kier alpha value is -2.04. The van der Waals surface area contributed by atoms with Crippen molar-refractivity contribution in [3.8, 4) is 0 Å². The van der Waals surface area contributed by atoms with Crippen LogP contribution in [0.3, 0.4) is 0 Å².